The first-order valence-corrected chi connectivity index (χ1v) is 11.8. The summed E-state index contributed by atoms with van der Waals surface area (Å²) in [5, 5.41) is 14.1. The van der Waals surface area contributed by atoms with E-state index < -0.39 is 29.5 Å². The van der Waals surface area contributed by atoms with Gasteiger partial charge in [-0.1, -0.05) is 24.0 Å². The van der Waals surface area contributed by atoms with Gasteiger partial charge in [-0.25, -0.2) is 18.7 Å². The van der Waals surface area contributed by atoms with Crippen LogP contribution in [-0.4, -0.2) is 46.5 Å². The summed E-state index contributed by atoms with van der Waals surface area (Å²) < 4.78 is 50.6. The third-order valence-electron chi connectivity index (χ3n) is 6.14. The molecule has 2 aliphatic heterocycles. The number of benzene rings is 1. The van der Waals surface area contributed by atoms with Crippen molar-refractivity contribution in [2.24, 2.45) is 0 Å². The van der Waals surface area contributed by atoms with Gasteiger partial charge in [0.05, 0.1) is 29.6 Å². The number of nitrogens with one attached hydrogen (secondary N) is 1. The quantitative estimate of drug-likeness (QED) is 0.267. The molecule has 1 fully saturated rings. The molecular weight excluding hydrogens is 503 g/mol. The zero-order valence-electron chi connectivity index (χ0n) is 20.2. The van der Waals surface area contributed by atoms with Crippen LogP contribution in [0.1, 0.15) is 25.0 Å². The number of halogens is 3. The number of nitro groups is 1. The van der Waals surface area contributed by atoms with Crippen molar-refractivity contribution in [1.29, 1.82) is 0 Å². The minimum atomic E-state index is -2.72. The zero-order valence-corrected chi connectivity index (χ0v) is 20.2. The highest BCUT2D eigenvalue weighted by Crippen LogP contribution is 2.39. The van der Waals surface area contributed by atoms with Crippen LogP contribution in [0.2, 0.25) is 0 Å². The van der Waals surface area contributed by atoms with E-state index in [0.29, 0.717) is 11.1 Å². The van der Waals surface area contributed by atoms with Gasteiger partial charge in [0.1, 0.15) is 18.1 Å². The molecule has 1 aromatic carbocycles. The third kappa shape index (κ3) is 4.98. The maximum atomic E-state index is 14.1. The summed E-state index contributed by atoms with van der Waals surface area (Å²) >= 11 is 0. The number of piperidine rings is 1. The summed E-state index contributed by atoms with van der Waals surface area (Å²) in [5.74, 6) is -1.09. The standard InChI is InChI=1S/C26H22F3N5O4/c1-37-22-10-18(27)21(34(35)36)11-19(22)31-26-30-12-23(38-14-24(28)29)25(32-26)17-13-33-8-4-7-15-5-2-3-6-16(17)9-20(15)33/h3,5-6,10-13,24H,2,4,7-8,14H2,1H3,(H,30,31,32)/b6-3-,15-5-. The molecule has 1 N–H and O–H groups in total. The van der Waals surface area contributed by atoms with Crippen LogP contribution in [0.25, 0.3) is 5.57 Å². The molecule has 1 aromatic heterocycles. The van der Waals surface area contributed by atoms with E-state index in [-0.39, 0.29) is 28.8 Å². The van der Waals surface area contributed by atoms with E-state index in [1.807, 2.05) is 23.3 Å². The molecule has 196 valence electrons. The largest absolute Gasteiger partial charge is 0.494 e. The average molecular weight is 525 g/mol. The van der Waals surface area contributed by atoms with Crippen molar-refractivity contribution in [2.45, 2.75) is 25.7 Å². The van der Waals surface area contributed by atoms with Gasteiger partial charge in [0.15, 0.2) is 5.75 Å². The number of rotatable bonds is 8. The van der Waals surface area contributed by atoms with Crippen molar-refractivity contribution in [2.75, 3.05) is 25.6 Å². The Hall–Kier alpha value is -4.57. The molecular formula is C26H22F3N5O4. The highest BCUT2D eigenvalue weighted by molar-refractivity contribution is 5.84. The molecule has 0 unspecified atom stereocenters. The topological polar surface area (TPSA) is 103 Å². The Kier molecular flexibility index (Phi) is 6.89. The van der Waals surface area contributed by atoms with Crippen LogP contribution >= 0.6 is 0 Å². The van der Waals surface area contributed by atoms with E-state index in [9.17, 15) is 23.3 Å². The predicted molar refractivity (Wildman–Crippen MR) is 133 cm³/mol. The first-order valence-electron chi connectivity index (χ1n) is 11.8. The smallest absolute Gasteiger partial charge is 0.307 e. The molecule has 2 aromatic rings. The van der Waals surface area contributed by atoms with Crippen LogP contribution in [0.5, 0.6) is 11.5 Å². The number of allylic oxidation sites excluding steroid dienone is 5. The van der Waals surface area contributed by atoms with Crippen molar-refractivity contribution in [1.82, 2.24) is 14.9 Å². The van der Waals surface area contributed by atoms with Gasteiger partial charge in [0.25, 0.3) is 6.43 Å². The minimum Gasteiger partial charge on any atom is -0.494 e. The maximum absolute atomic E-state index is 14.1. The fourth-order valence-corrected chi connectivity index (χ4v) is 4.42. The maximum Gasteiger partial charge on any atom is 0.307 e. The van der Waals surface area contributed by atoms with Gasteiger partial charge in [0, 0.05) is 36.0 Å². The van der Waals surface area contributed by atoms with E-state index in [1.54, 1.807) is 0 Å². The van der Waals surface area contributed by atoms with E-state index in [1.165, 1.54) is 18.9 Å². The molecule has 9 nitrogen and oxygen atoms in total. The second kappa shape index (κ2) is 10.4. The summed E-state index contributed by atoms with van der Waals surface area (Å²) in [6.45, 7) is -0.110. The van der Waals surface area contributed by atoms with Crippen LogP contribution in [0.3, 0.4) is 0 Å². The number of aromatic nitrogens is 2. The minimum absolute atomic E-state index is 0.0148. The van der Waals surface area contributed by atoms with E-state index in [4.69, 9.17) is 9.47 Å². The second-order valence-corrected chi connectivity index (χ2v) is 8.59. The lowest BCUT2D eigenvalue weighted by molar-refractivity contribution is -0.387. The summed E-state index contributed by atoms with van der Waals surface area (Å²) in [4.78, 5) is 21.1. The SMILES string of the molecule is COc1cc(F)c([N+](=O)[O-])cc1Nc1ncc(OCC(F)F)c(C2=CN3CCC/C4=C/C/C=C\C2=C=C43)n1. The number of nitrogens with zero attached hydrogens (tertiary/aromatic N) is 4. The van der Waals surface area contributed by atoms with Crippen molar-refractivity contribution in [3.63, 3.8) is 0 Å². The molecule has 3 heterocycles. The Balaban J connectivity index is 1.60. The molecule has 12 heteroatoms. The van der Waals surface area contributed by atoms with Crippen LogP contribution in [-0.2, 0) is 0 Å². The highest BCUT2D eigenvalue weighted by Gasteiger charge is 2.27. The van der Waals surface area contributed by atoms with Crippen LogP contribution < -0.4 is 14.8 Å². The summed E-state index contributed by atoms with van der Waals surface area (Å²) in [6.07, 6.45) is 9.06. The lowest BCUT2D eigenvalue weighted by atomic mass is 9.92. The number of hydrogen-bond donors (Lipinski definition) is 1. The summed E-state index contributed by atoms with van der Waals surface area (Å²) in [6, 6.07) is 1.85. The first kappa shape index (κ1) is 25.1. The molecule has 0 saturated carbocycles. The fraction of sp³-hybridized carbons (Fsp3) is 0.269. The molecule has 38 heavy (non-hydrogen) atoms. The van der Waals surface area contributed by atoms with Gasteiger partial charge in [-0.3, -0.25) is 10.1 Å². The highest BCUT2D eigenvalue weighted by atomic mass is 19.3. The zero-order chi connectivity index (χ0) is 26.8. The molecule has 0 radical (unpaired) electrons. The van der Waals surface area contributed by atoms with Crippen LogP contribution in [0.15, 0.2) is 65.3 Å². The van der Waals surface area contributed by atoms with Gasteiger partial charge >= 0.3 is 5.69 Å². The van der Waals surface area contributed by atoms with E-state index in [2.05, 4.69) is 27.1 Å². The number of methoxy groups -OCH3 is 1. The Morgan fingerprint density at radius 2 is 2.16 bits per heavy atom. The Morgan fingerprint density at radius 1 is 1.32 bits per heavy atom. The summed E-state index contributed by atoms with van der Waals surface area (Å²) in [7, 11) is 1.28. The number of anilines is 2. The molecule has 0 amide bonds. The van der Waals surface area contributed by atoms with Crippen molar-refractivity contribution >= 4 is 22.9 Å². The first-order chi connectivity index (χ1) is 18.3. The summed E-state index contributed by atoms with van der Waals surface area (Å²) in [5.41, 5.74) is 6.37. The van der Waals surface area contributed by atoms with Crippen molar-refractivity contribution in [3.8, 4) is 11.5 Å². The molecule has 3 aliphatic rings. The molecule has 1 saturated heterocycles. The Bertz CT molecular complexity index is 1460. The molecule has 5 rings (SSSR count). The van der Waals surface area contributed by atoms with Crippen LogP contribution in [0.4, 0.5) is 30.5 Å². The normalized spacial score (nSPS) is 18.3. The van der Waals surface area contributed by atoms with E-state index >= 15 is 0 Å². The number of alkyl halides is 2. The predicted octanol–water partition coefficient (Wildman–Crippen LogP) is 5.67. The number of nitro benzene ring substituents is 1. The Morgan fingerprint density at radius 3 is 2.92 bits per heavy atom. The van der Waals surface area contributed by atoms with Crippen molar-refractivity contribution in [3.05, 3.63) is 87.0 Å². The monoisotopic (exact) mass is 525 g/mol. The molecule has 0 atom stereocenters. The van der Waals surface area contributed by atoms with Gasteiger partial charge < -0.3 is 19.7 Å². The van der Waals surface area contributed by atoms with Gasteiger partial charge in [0.2, 0.25) is 11.8 Å². The molecule has 2 bridgehead atoms. The van der Waals surface area contributed by atoms with Gasteiger partial charge in [-0.2, -0.15) is 4.39 Å². The van der Waals surface area contributed by atoms with Gasteiger partial charge in [-0.05, 0) is 24.8 Å². The molecule has 1 aliphatic carbocycles. The molecule has 0 spiro atoms. The number of ether oxygens (including phenoxy) is 2. The van der Waals surface area contributed by atoms with Crippen LogP contribution in [0, 0.1) is 15.9 Å². The average Bonchev–Trinajstić information content (AvgIpc) is 2.88. The number of hydrogen-bond acceptors (Lipinski definition) is 8. The van der Waals surface area contributed by atoms with Gasteiger partial charge in [-0.15, -0.1) is 0 Å². The second-order valence-electron chi connectivity index (χ2n) is 8.59. The lowest BCUT2D eigenvalue weighted by Gasteiger charge is -2.33. The van der Waals surface area contributed by atoms with E-state index in [0.717, 1.165) is 43.6 Å². The Labute approximate surface area is 215 Å². The third-order valence-corrected chi connectivity index (χ3v) is 6.14. The van der Waals surface area contributed by atoms with Crippen molar-refractivity contribution < 1.29 is 27.6 Å². The fourth-order valence-electron chi connectivity index (χ4n) is 4.42. The lowest BCUT2D eigenvalue weighted by Crippen LogP contribution is -2.26.